The van der Waals surface area contributed by atoms with Crippen molar-refractivity contribution in [1.82, 2.24) is 0 Å². The second kappa shape index (κ2) is 8.34. The van der Waals surface area contributed by atoms with Crippen LogP contribution in [-0.4, -0.2) is 26.5 Å². The predicted molar refractivity (Wildman–Crippen MR) is 47.3 cm³/mol. The Morgan fingerprint density at radius 1 is 0.900 bits per heavy atom. The Hall–Kier alpha value is -0.660. The van der Waals surface area contributed by atoms with Crippen LogP contribution in [0.3, 0.4) is 0 Å². The molecule has 0 N–H and O–H groups in total. The van der Waals surface area contributed by atoms with Crippen molar-refractivity contribution in [2.45, 2.75) is 25.7 Å². The average Bonchev–Trinajstić information content (AvgIpc) is 1.97. The molecule has 0 rings (SSSR count). The minimum atomic E-state index is 1.11. The van der Waals surface area contributed by atoms with Crippen LogP contribution in [0.1, 0.15) is 25.7 Å². The summed E-state index contributed by atoms with van der Waals surface area (Å²) in [6.45, 7) is 0. The van der Waals surface area contributed by atoms with Crippen molar-refractivity contribution in [1.29, 1.82) is 0 Å². The molecule has 10 heavy (non-hydrogen) atoms. The van der Waals surface area contributed by atoms with E-state index in [1.54, 1.807) is 0 Å². The highest BCUT2D eigenvalue weighted by molar-refractivity contribution is 5.58. The third kappa shape index (κ3) is 7.34. The molecule has 2 nitrogen and oxygen atoms in total. The summed E-state index contributed by atoms with van der Waals surface area (Å²) in [7, 11) is 3.63. The van der Waals surface area contributed by atoms with E-state index in [9.17, 15) is 0 Å². The summed E-state index contributed by atoms with van der Waals surface area (Å²) in [4.78, 5) is 7.79. The van der Waals surface area contributed by atoms with Crippen LogP contribution in [-0.2, 0) is 0 Å². The number of nitrogens with zero attached hydrogens (tertiary/aromatic N) is 2. The first-order valence-electron chi connectivity index (χ1n) is 3.73. The number of rotatable bonds is 5. The molecule has 0 atom stereocenters. The van der Waals surface area contributed by atoms with Gasteiger partial charge in [0.25, 0.3) is 0 Å². The average molecular weight is 140 g/mol. The molecule has 0 unspecified atom stereocenters. The van der Waals surface area contributed by atoms with Crippen molar-refractivity contribution in [3.63, 3.8) is 0 Å². The largest absolute Gasteiger partial charge is 0.301 e. The fourth-order valence-corrected chi connectivity index (χ4v) is 0.729. The second-order valence-electron chi connectivity index (χ2n) is 2.17. The van der Waals surface area contributed by atoms with E-state index in [2.05, 4.69) is 9.98 Å². The Morgan fingerprint density at radius 3 is 1.60 bits per heavy atom. The molecule has 0 aliphatic rings. The molecular weight excluding hydrogens is 124 g/mol. The van der Waals surface area contributed by atoms with Crippen LogP contribution in [0.15, 0.2) is 9.98 Å². The Balaban J connectivity index is 2.90. The first-order chi connectivity index (χ1) is 4.91. The van der Waals surface area contributed by atoms with Gasteiger partial charge in [-0.05, 0) is 38.1 Å². The molecule has 0 aromatic heterocycles. The Kier molecular flexibility index (Phi) is 7.79. The van der Waals surface area contributed by atoms with Crippen LogP contribution < -0.4 is 0 Å². The van der Waals surface area contributed by atoms with Gasteiger partial charge in [-0.1, -0.05) is 0 Å². The molecule has 0 amide bonds. The quantitative estimate of drug-likeness (QED) is 0.412. The van der Waals surface area contributed by atoms with Crippen LogP contribution in [0.2, 0.25) is 0 Å². The summed E-state index contributed by atoms with van der Waals surface area (Å²) < 4.78 is 0. The lowest BCUT2D eigenvalue weighted by atomic mass is 10.2. The van der Waals surface area contributed by atoms with E-state index >= 15 is 0 Å². The van der Waals surface area contributed by atoms with E-state index in [1.165, 1.54) is 12.8 Å². The number of unbranched alkanes of at least 4 members (excludes halogenated alkanes) is 3. The van der Waals surface area contributed by atoms with Gasteiger partial charge >= 0.3 is 0 Å². The van der Waals surface area contributed by atoms with E-state index in [4.69, 9.17) is 0 Å². The minimum absolute atomic E-state index is 1.11. The summed E-state index contributed by atoms with van der Waals surface area (Å²) in [5, 5.41) is 0. The SMILES string of the molecule is C/N=C/CCCC/C=N/C. The van der Waals surface area contributed by atoms with Crippen molar-refractivity contribution >= 4 is 12.4 Å². The maximum atomic E-state index is 3.89. The lowest BCUT2D eigenvalue weighted by Crippen LogP contribution is -1.79. The van der Waals surface area contributed by atoms with Crippen LogP contribution >= 0.6 is 0 Å². The van der Waals surface area contributed by atoms with Gasteiger partial charge in [0.1, 0.15) is 0 Å². The minimum Gasteiger partial charge on any atom is -0.301 e. The summed E-state index contributed by atoms with van der Waals surface area (Å²) in [5.74, 6) is 0. The molecule has 0 radical (unpaired) electrons. The third-order valence-electron chi connectivity index (χ3n) is 1.28. The summed E-state index contributed by atoms with van der Waals surface area (Å²) in [5.41, 5.74) is 0. The zero-order chi connectivity index (χ0) is 7.66. The molecule has 0 aromatic rings. The van der Waals surface area contributed by atoms with Crippen LogP contribution in [0, 0.1) is 0 Å². The number of aliphatic imine (C=N–C) groups is 2. The van der Waals surface area contributed by atoms with E-state index in [1.807, 2.05) is 26.5 Å². The summed E-state index contributed by atoms with van der Waals surface area (Å²) in [6.07, 6.45) is 8.58. The van der Waals surface area contributed by atoms with Gasteiger partial charge in [0, 0.05) is 14.1 Å². The fourth-order valence-electron chi connectivity index (χ4n) is 0.729. The Labute approximate surface area is 63.1 Å². The van der Waals surface area contributed by atoms with Gasteiger partial charge in [0.15, 0.2) is 0 Å². The molecule has 0 heterocycles. The standard InChI is InChI=1S/C8H16N2/c1-9-7-5-3-4-6-8-10-2/h7-8H,3-6H2,1-2H3/b9-7+,10-8+. The monoisotopic (exact) mass is 140 g/mol. The zero-order valence-electron chi connectivity index (χ0n) is 6.88. The number of hydrogen-bond donors (Lipinski definition) is 0. The first kappa shape index (κ1) is 9.34. The van der Waals surface area contributed by atoms with Crippen LogP contribution in [0.4, 0.5) is 0 Å². The highest BCUT2D eigenvalue weighted by Crippen LogP contribution is 1.95. The molecule has 0 aromatic carbocycles. The first-order valence-corrected chi connectivity index (χ1v) is 3.73. The Morgan fingerprint density at radius 2 is 1.30 bits per heavy atom. The molecule has 0 aliphatic heterocycles. The van der Waals surface area contributed by atoms with Gasteiger partial charge in [-0.15, -0.1) is 0 Å². The lowest BCUT2D eigenvalue weighted by Gasteiger charge is -1.90. The molecule has 0 saturated heterocycles. The van der Waals surface area contributed by atoms with Crippen LogP contribution in [0.5, 0.6) is 0 Å². The Bertz CT molecular complexity index is 91.8. The van der Waals surface area contributed by atoms with E-state index < -0.39 is 0 Å². The maximum absolute atomic E-state index is 3.89. The van der Waals surface area contributed by atoms with Gasteiger partial charge in [0.2, 0.25) is 0 Å². The molecule has 0 bridgehead atoms. The predicted octanol–water partition coefficient (Wildman–Crippen LogP) is 1.95. The highest BCUT2D eigenvalue weighted by Gasteiger charge is 1.82. The van der Waals surface area contributed by atoms with Gasteiger partial charge < -0.3 is 9.98 Å². The third-order valence-corrected chi connectivity index (χ3v) is 1.28. The smallest absolute Gasteiger partial charge is 0.0273 e. The van der Waals surface area contributed by atoms with E-state index in [0.717, 1.165) is 12.8 Å². The summed E-state index contributed by atoms with van der Waals surface area (Å²) in [6, 6.07) is 0. The molecule has 2 heteroatoms. The van der Waals surface area contributed by atoms with Crippen molar-refractivity contribution in [2.75, 3.05) is 14.1 Å². The molecule has 0 aliphatic carbocycles. The van der Waals surface area contributed by atoms with Crippen molar-refractivity contribution in [3.05, 3.63) is 0 Å². The zero-order valence-corrected chi connectivity index (χ0v) is 6.88. The summed E-state index contributed by atoms with van der Waals surface area (Å²) >= 11 is 0. The van der Waals surface area contributed by atoms with E-state index in [0.29, 0.717) is 0 Å². The molecule has 0 fully saturated rings. The second-order valence-corrected chi connectivity index (χ2v) is 2.17. The van der Waals surface area contributed by atoms with Gasteiger partial charge in [0.05, 0.1) is 0 Å². The van der Waals surface area contributed by atoms with Crippen molar-refractivity contribution < 1.29 is 0 Å². The van der Waals surface area contributed by atoms with Crippen LogP contribution in [0.25, 0.3) is 0 Å². The normalized spacial score (nSPS) is 11.8. The molecule has 58 valence electrons. The number of hydrogen-bond acceptors (Lipinski definition) is 2. The van der Waals surface area contributed by atoms with Gasteiger partial charge in [-0.25, -0.2) is 0 Å². The van der Waals surface area contributed by atoms with Gasteiger partial charge in [-0.2, -0.15) is 0 Å². The highest BCUT2D eigenvalue weighted by atomic mass is 14.6. The fraction of sp³-hybridized carbons (Fsp3) is 0.750. The molecule has 0 spiro atoms. The maximum Gasteiger partial charge on any atom is 0.0273 e. The van der Waals surface area contributed by atoms with Crippen molar-refractivity contribution in [2.24, 2.45) is 9.98 Å². The van der Waals surface area contributed by atoms with E-state index in [-0.39, 0.29) is 0 Å². The lowest BCUT2D eigenvalue weighted by molar-refractivity contribution is 0.805. The molecule has 0 saturated carbocycles. The van der Waals surface area contributed by atoms with Crippen molar-refractivity contribution in [3.8, 4) is 0 Å². The topological polar surface area (TPSA) is 24.7 Å². The molecular formula is C8H16N2. The van der Waals surface area contributed by atoms with Gasteiger partial charge in [-0.3, -0.25) is 0 Å².